The molecule has 2 N–H and O–H groups in total. The fourth-order valence-electron chi connectivity index (χ4n) is 0.575. The van der Waals surface area contributed by atoms with Crippen LogP contribution in [0.1, 0.15) is 10.5 Å². The molecule has 0 aliphatic rings. The highest BCUT2D eigenvalue weighted by Crippen LogP contribution is 1.88. The van der Waals surface area contributed by atoms with E-state index in [1.165, 1.54) is 4.72 Å². The first-order chi connectivity index (χ1) is 4.84. The third-order valence-electron chi connectivity index (χ3n) is 1.03. The third-order valence-corrected chi connectivity index (χ3v) is 1.27. The smallest absolute Gasteiger partial charge is 0.247 e. The molecule has 52 valence electrons. The molecule has 0 bridgehead atoms. The van der Waals surface area contributed by atoms with Crippen LogP contribution >= 0.6 is 12.8 Å². The third kappa shape index (κ3) is 1.55. The van der Waals surface area contributed by atoms with Gasteiger partial charge in [-0.15, -0.1) is 0 Å². The fourth-order valence-corrected chi connectivity index (χ4v) is 0.707. The monoisotopic (exact) mass is 155 g/mol. The number of nitrogens with two attached hydrogens (primary N) is 1. The maximum atomic E-state index is 10.8. The Morgan fingerprint density at radius 2 is 2.40 bits per heavy atom. The van der Waals surface area contributed by atoms with Crippen LogP contribution in [0.3, 0.4) is 0 Å². The van der Waals surface area contributed by atoms with Gasteiger partial charge in [-0.1, -0.05) is 6.07 Å². The van der Waals surface area contributed by atoms with Crippen molar-refractivity contribution in [1.82, 2.24) is 4.98 Å². The lowest BCUT2D eigenvalue weighted by Gasteiger charge is -1.89. The van der Waals surface area contributed by atoms with E-state index in [-0.39, 0.29) is 5.91 Å². The number of carbonyl (C=O) groups is 1. The summed E-state index contributed by atoms with van der Waals surface area (Å²) in [5, 5.41) is 0. The molecule has 1 heterocycles. The maximum Gasteiger partial charge on any atom is 0.372 e. The molecule has 0 aliphatic heterocycles. The molecule has 0 radical (unpaired) electrons. The summed E-state index contributed by atoms with van der Waals surface area (Å²) in [7, 11) is 0. The van der Waals surface area contributed by atoms with Crippen molar-refractivity contribution in [3.8, 4) is 0 Å². The molecular formula is C6H7N2OS+. The molecule has 0 atom stereocenters. The molecule has 0 saturated heterocycles. The summed E-state index contributed by atoms with van der Waals surface area (Å²) in [5.41, 5.74) is 0.428. The standard InChI is InChI=1S/C6H6N2OS/c9-6(8-10)5-3-1-2-4-7-5/h1-4,10H,(H,8,9)/p+1. The van der Waals surface area contributed by atoms with Crippen molar-refractivity contribution in [2.75, 3.05) is 0 Å². The Morgan fingerprint density at radius 1 is 1.60 bits per heavy atom. The molecule has 0 saturated carbocycles. The zero-order valence-corrected chi connectivity index (χ0v) is 6.08. The molecule has 1 amide bonds. The number of amides is 1. The van der Waals surface area contributed by atoms with Crippen LogP contribution in [0.25, 0.3) is 0 Å². The highest BCUT2D eigenvalue weighted by atomic mass is 32.1. The zero-order chi connectivity index (χ0) is 7.40. The van der Waals surface area contributed by atoms with Gasteiger partial charge in [-0.3, -0.25) is 0 Å². The summed E-state index contributed by atoms with van der Waals surface area (Å²) < 4.78 is 1.20. The van der Waals surface area contributed by atoms with Gasteiger partial charge in [0.05, 0.1) is 12.8 Å². The molecule has 1 aromatic heterocycles. The number of hydrogen-bond donors (Lipinski definition) is 2. The summed E-state index contributed by atoms with van der Waals surface area (Å²) in [6.07, 6.45) is 1.57. The van der Waals surface area contributed by atoms with Gasteiger partial charge in [-0.05, 0) is 12.1 Å². The Balaban J connectivity index is 2.85. The van der Waals surface area contributed by atoms with Crippen molar-refractivity contribution < 1.29 is 9.52 Å². The average Bonchev–Trinajstić information content (AvgIpc) is 2.05. The SMILES string of the molecule is O=C([NH2+]S)c1ccccn1. The van der Waals surface area contributed by atoms with Gasteiger partial charge in [0, 0.05) is 6.20 Å². The minimum atomic E-state index is -0.163. The summed E-state index contributed by atoms with van der Waals surface area (Å²) in [4.78, 5) is 14.6. The second-order valence-corrected chi connectivity index (χ2v) is 1.97. The molecule has 3 nitrogen and oxygen atoms in total. The van der Waals surface area contributed by atoms with Crippen molar-refractivity contribution in [2.24, 2.45) is 0 Å². The number of quaternary nitrogens is 1. The molecule has 10 heavy (non-hydrogen) atoms. The number of aromatic nitrogens is 1. The second kappa shape index (κ2) is 3.34. The number of carbonyl (C=O) groups excluding carboxylic acids is 1. The average molecular weight is 155 g/mol. The van der Waals surface area contributed by atoms with Crippen LogP contribution in [0.2, 0.25) is 0 Å². The lowest BCUT2D eigenvalue weighted by Crippen LogP contribution is -2.77. The molecule has 1 rings (SSSR count). The predicted octanol–water partition coefficient (Wildman–Crippen LogP) is -0.370. The van der Waals surface area contributed by atoms with Crippen LogP contribution in [0, 0.1) is 0 Å². The van der Waals surface area contributed by atoms with Crippen LogP contribution in [-0.4, -0.2) is 10.9 Å². The lowest BCUT2D eigenvalue weighted by molar-refractivity contribution is -0.362. The molecule has 0 unspecified atom stereocenters. The molecule has 0 fully saturated rings. The van der Waals surface area contributed by atoms with Crippen LogP contribution in [0.15, 0.2) is 24.4 Å². The van der Waals surface area contributed by atoms with E-state index in [2.05, 4.69) is 17.8 Å². The highest BCUT2D eigenvalue weighted by Gasteiger charge is 2.06. The van der Waals surface area contributed by atoms with Gasteiger partial charge in [0.15, 0.2) is 5.69 Å². The van der Waals surface area contributed by atoms with E-state index >= 15 is 0 Å². The minimum Gasteiger partial charge on any atom is -0.247 e. The van der Waals surface area contributed by atoms with E-state index in [1.807, 2.05) is 0 Å². The maximum absolute atomic E-state index is 10.8. The number of rotatable bonds is 1. The minimum absolute atomic E-state index is 0.163. The van der Waals surface area contributed by atoms with Crippen molar-refractivity contribution in [1.29, 1.82) is 0 Å². The zero-order valence-electron chi connectivity index (χ0n) is 5.19. The van der Waals surface area contributed by atoms with Crippen molar-refractivity contribution >= 4 is 18.7 Å². The Morgan fingerprint density at radius 3 is 2.90 bits per heavy atom. The van der Waals surface area contributed by atoms with Crippen LogP contribution in [-0.2, 0) is 0 Å². The number of primary amides is 1. The van der Waals surface area contributed by atoms with E-state index in [1.54, 1.807) is 24.4 Å². The normalized spacial score (nSPS) is 9.30. The number of hydrogen-bond acceptors (Lipinski definition) is 3. The highest BCUT2D eigenvalue weighted by molar-refractivity contribution is 7.73. The van der Waals surface area contributed by atoms with Crippen molar-refractivity contribution in [2.45, 2.75) is 0 Å². The summed E-state index contributed by atoms with van der Waals surface area (Å²) >= 11 is 3.71. The molecule has 0 spiro atoms. The summed E-state index contributed by atoms with van der Waals surface area (Å²) in [6.45, 7) is 0. The lowest BCUT2D eigenvalue weighted by atomic mass is 10.3. The number of pyridine rings is 1. The summed E-state index contributed by atoms with van der Waals surface area (Å²) in [6, 6.07) is 5.17. The van der Waals surface area contributed by atoms with E-state index in [0.717, 1.165) is 0 Å². The van der Waals surface area contributed by atoms with Crippen LogP contribution in [0.4, 0.5) is 0 Å². The number of nitrogens with zero attached hydrogens (tertiary/aromatic N) is 1. The van der Waals surface area contributed by atoms with Crippen LogP contribution in [0.5, 0.6) is 0 Å². The first kappa shape index (κ1) is 7.24. The molecule has 0 aliphatic carbocycles. The van der Waals surface area contributed by atoms with E-state index in [9.17, 15) is 4.79 Å². The van der Waals surface area contributed by atoms with Gasteiger partial charge in [0.2, 0.25) is 0 Å². The first-order valence-corrected chi connectivity index (χ1v) is 3.29. The Labute approximate surface area is 64.0 Å². The first-order valence-electron chi connectivity index (χ1n) is 2.77. The Kier molecular flexibility index (Phi) is 2.42. The Bertz CT molecular complexity index is 224. The molecule has 0 aromatic carbocycles. The van der Waals surface area contributed by atoms with Gasteiger partial charge in [0.25, 0.3) is 0 Å². The van der Waals surface area contributed by atoms with Crippen LogP contribution < -0.4 is 4.72 Å². The number of thiol groups is 1. The largest absolute Gasteiger partial charge is 0.372 e. The van der Waals surface area contributed by atoms with Gasteiger partial charge in [-0.2, -0.15) is 0 Å². The molecule has 4 heteroatoms. The molecule has 1 aromatic rings. The second-order valence-electron chi connectivity index (χ2n) is 1.71. The van der Waals surface area contributed by atoms with Crippen molar-refractivity contribution in [3.63, 3.8) is 0 Å². The fraction of sp³-hybridized carbons (Fsp3) is 0. The quantitative estimate of drug-likeness (QED) is 0.543. The van der Waals surface area contributed by atoms with Gasteiger partial charge < -0.3 is 0 Å². The van der Waals surface area contributed by atoms with Crippen molar-refractivity contribution in [3.05, 3.63) is 30.1 Å². The van der Waals surface area contributed by atoms with Gasteiger partial charge in [0.1, 0.15) is 0 Å². The van der Waals surface area contributed by atoms with Gasteiger partial charge in [-0.25, -0.2) is 14.5 Å². The van der Waals surface area contributed by atoms with Gasteiger partial charge >= 0.3 is 5.91 Å². The van der Waals surface area contributed by atoms with E-state index in [0.29, 0.717) is 5.69 Å². The topological polar surface area (TPSA) is 46.6 Å². The summed E-state index contributed by atoms with van der Waals surface area (Å²) in [5.74, 6) is -0.163. The van der Waals surface area contributed by atoms with E-state index in [4.69, 9.17) is 0 Å². The van der Waals surface area contributed by atoms with E-state index < -0.39 is 0 Å². The predicted molar refractivity (Wildman–Crippen MR) is 39.5 cm³/mol. The Hall–Kier alpha value is -0.870. The molecular weight excluding hydrogens is 148 g/mol.